The Kier molecular flexibility index (Phi) is 18.5. The zero-order valence-electron chi connectivity index (χ0n) is 17.3. The fraction of sp³-hybridized carbons (Fsp3) is 0.130. The predicted molar refractivity (Wildman–Crippen MR) is 109 cm³/mol. The number of aromatic nitrogens is 1. The number of para-hydroxylation sites is 2. The van der Waals surface area contributed by atoms with Gasteiger partial charge in [0.15, 0.2) is 0 Å². The van der Waals surface area contributed by atoms with Crippen LogP contribution < -0.4 is 0 Å². The smallest absolute Gasteiger partial charge is 0.0848 e. The van der Waals surface area contributed by atoms with Crippen LogP contribution in [0.1, 0.15) is 30.8 Å². The molecule has 3 radical (unpaired) electrons. The van der Waals surface area contributed by atoms with Crippen LogP contribution in [0.15, 0.2) is 64.6 Å². The minimum absolute atomic E-state index is 0. The molecule has 141 valence electrons. The Labute approximate surface area is 274 Å². The molecular weight excluding hydrogens is 741 g/mol. The number of benzene rings is 2. The van der Waals surface area contributed by atoms with Crippen molar-refractivity contribution in [1.82, 2.24) is 4.98 Å². The molecule has 6 heteroatoms. The molecular formula is C23H21N3Pr3-4. The maximum Gasteiger partial charge on any atom is 0.0848 e. The van der Waals surface area contributed by atoms with E-state index in [1.165, 1.54) is 0 Å². The van der Waals surface area contributed by atoms with Crippen LogP contribution in [0.25, 0.3) is 0 Å². The van der Waals surface area contributed by atoms with Crippen LogP contribution in [0.4, 0.5) is 11.4 Å². The SMILES string of the molecule is CC(=Nc1[c-]ccc[c-]1)c1cccc(C(C)=Nc2[c-]cccc2C)n1.[CH3-].[Pr].[Pr].[Pr]. The monoisotopic (exact) mass is 762 g/mol. The molecule has 29 heavy (non-hydrogen) atoms. The summed E-state index contributed by atoms with van der Waals surface area (Å²) in [5.41, 5.74) is 5.90. The minimum Gasteiger partial charge on any atom is -0.358 e. The molecule has 0 aliphatic rings. The maximum absolute atomic E-state index is 4.69. The molecule has 0 saturated carbocycles. The molecule has 0 bridgehead atoms. The third kappa shape index (κ3) is 10.0. The van der Waals surface area contributed by atoms with Crippen LogP contribution in [0.3, 0.4) is 0 Å². The molecule has 0 fully saturated rings. The molecule has 0 aliphatic heterocycles. The first kappa shape index (κ1) is 32.2. The van der Waals surface area contributed by atoms with Crippen LogP contribution in [0, 0.1) is 156 Å². The molecule has 2 aromatic carbocycles. The second-order valence-corrected chi connectivity index (χ2v) is 5.67. The maximum atomic E-state index is 4.69. The van der Waals surface area contributed by atoms with Crippen molar-refractivity contribution in [1.29, 1.82) is 0 Å². The first-order valence-corrected chi connectivity index (χ1v) is 8.07. The molecule has 0 atom stereocenters. The van der Waals surface area contributed by atoms with Crippen LogP contribution in [-0.4, -0.2) is 16.4 Å². The summed E-state index contributed by atoms with van der Waals surface area (Å²) in [5.74, 6) is 0. The Morgan fingerprint density at radius 3 is 1.90 bits per heavy atom. The third-order valence-electron chi connectivity index (χ3n) is 3.72. The van der Waals surface area contributed by atoms with E-state index in [9.17, 15) is 0 Å². The second-order valence-electron chi connectivity index (χ2n) is 5.67. The van der Waals surface area contributed by atoms with Gasteiger partial charge in [0, 0.05) is 124 Å². The largest absolute Gasteiger partial charge is 0.358 e. The molecule has 0 saturated heterocycles. The zero-order chi connectivity index (χ0) is 17.6. The van der Waals surface area contributed by atoms with Gasteiger partial charge in [-0.25, -0.2) is 4.98 Å². The van der Waals surface area contributed by atoms with E-state index in [1.54, 1.807) is 0 Å². The van der Waals surface area contributed by atoms with Gasteiger partial charge in [0.05, 0.1) is 22.8 Å². The van der Waals surface area contributed by atoms with Crippen molar-refractivity contribution in [3.8, 4) is 0 Å². The van der Waals surface area contributed by atoms with Gasteiger partial charge in [-0.15, -0.1) is 5.56 Å². The van der Waals surface area contributed by atoms with Gasteiger partial charge >= 0.3 is 0 Å². The molecule has 1 aromatic heterocycles. The molecule has 3 nitrogen and oxygen atoms in total. The average molecular weight is 762 g/mol. The third-order valence-corrected chi connectivity index (χ3v) is 3.72. The Morgan fingerprint density at radius 1 is 0.759 bits per heavy atom. The molecule has 0 aliphatic carbocycles. The Morgan fingerprint density at radius 2 is 1.31 bits per heavy atom. The van der Waals surface area contributed by atoms with E-state index < -0.39 is 0 Å². The normalized spacial score (nSPS) is 10.6. The summed E-state index contributed by atoms with van der Waals surface area (Å²) in [6, 6.07) is 26.5. The van der Waals surface area contributed by atoms with Crippen molar-refractivity contribution in [2.75, 3.05) is 0 Å². The number of rotatable bonds is 4. The topological polar surface area (TPSA) is 37.6 Å². The van der Waals surface area contributed by atoms with E-state index in [2.05, 4.69) is 28.2 Å². The van der Waals surface area contributed by atoms with Gasteiger partial charge in [-0.2, -0.15) is 30.0 Å². The second kappa shape index (κ2) is 16.6. The van der Waals surface area contributed by atoms with Gasteiger partial charge in [0.1, 0.15) is 0 Å². The molecule has 3 aromatic rings. The summed E-state index contributed by atoms with van der Waals surface area (Å²) in [7, 11) is 0. The van der Waals surface area contributed by atoms with Crippen molar-refractivity contribution in [3.63, 3.8) is 0 Å². The van der Waals surface area contributed by atoms with Crippen molar-refractivity contribution in [3.05, 3.63) is 97.2 Å². The average Bonchev–Trinajstić information content (AvgIpc) is 2.64. The number of pyridine rings is 1. The summed E-state index contributed by atoms with van der Waals surface area (Å²) in [6.45, 7) is 5.91. The van der Waals surface area contributed by atoms with E-state index in [4.69, 9.17) is 4.98 Å². The number of hydrogen-bond donors (Lipinski definition) is 0. The quantitative estimate of drug-likeness (QED) is 0.255. The Balaban J connectivity index is 0. The summed E-state index contributed by atoms with van der Waals surface area (Å²) >= 11 is 0. The minimum atomic E-state index is 0. The van der Waals surface area contributed by atoms with Crippen LogP contribution >= 0.6 is 0 Å². The van der Waals surface area contributed by atoms with Crippen molar-refractivity contribution in [2.24, 2.45) is 9.98 Å². The van der Waals surface area contributed by atoms with Gasteiger partial charge in [-0.05, 0) is 31.7 Å². The molecule has 1 heterocycles. The van der Waals surface area contributed by atoms with Gasteiger partial charge in [0.2, 0.25) is 0 Å². The number of nitrogens with zero attached hydrogens (tertiary/aromatic N) is 3. The zero-order valence-corrected chi connectivity index (χ0v) is 28.4. The molecule has 0 unspecified atom stereocenters. The van der Waals surface area contributed by atoms with Gasteiger partial charge in [-0.1, -0.05) is 13.0 Å². The molecule has 0 amide bonds. The Bertz CT molecular complexity index is 939. The van der Waals surface area contributed by atoms with Crippen molar-refractivity contribution in [2.45, 2.75) is 20.8 Å². The van der Waals surface area contributed by atoms with E-state index in [0.29, 0.717) is 5.69 Å². The molecule has 0 N–H and O–H groups in total. The summed E-state index contributed by atoms with van der Waals surface area (Å²) in [5, 5.41) is 0. The van der Waals surface area contributed by atoms with Crippen LogP contribution in [0.5, 0.6) is 0 Å². The van der Waals surface area contributed by atoms with E-state index in [-0.39, 0.29) is 131 Å². The predicted octanol–water partition coefficient (Wildman–Crippen LogP) is 5.52. The number of hydrogen-bond acceptors (Lipinski definition) is 3. The molecule has 3 rings (SSSR count). The van der Waals surface area contributed by atoms with Gasteiger partial charge < -0.3 is 24.6 Å². The van der Waals surface area contributed by atoms with E-state index >= 15 is 0 Å². The number of aryl methyl sites for hydroxylation is 1. The van der Waals surface area contributed by atoms with Crippen molar-refractivity contribution < 1.29 is 124 Å². The summed E-state index contributed by atoms with van der Waals surface area (Å²) in [4.78, 5) is 13.9. The molecule has 0 spiro atoms. The van der Waals surface area contributed by atoms with Gasteiger partial charge in [-0.3, -0.25) is 23.2 Å². The standard InChI is InChI=1S/C22H18N3.CH3.3Pr/c1-16-10-7-8-13-20(16)24-18(3)22-15-9-14-21(25-22)17(2)23-19-11-5-4-6-12-19;;;;/h4-10,14-15H,1-3H3;1H3;;;/q-3;-1;;;. The summed E-state index contributed by atoms with van der Waals surface area (Å²) in [6.07, 6.45) is 0. The van der Waals surface area contributed by atoms with Crippen molar-refractivity contribution >= 4 is 22.8 Å². The van der Waals surface area contributed by atoms with E-state index in [1.807, 2.05) is 75.4 Å². The van der Waals surface area contributed by atoms with Gasteiger partial charge in [0.25, 0.3) is 0 Å². The first-order valence-electron chi connectivity index (χ1n) is 8.07. The Hall–Kier alpha value is 1.02. The fourth-order valence-corrected chi connectivity index (χ4v) is 2.33. The first-order chi connectivity index (χ1) is 12.1. The van der Waals surface area contributed by atoms with E-state index in [0.717, 1.165) is 34.1 Å². The fourth-order valence-electron chi connectivity index (χ4n) is 2.33. The number of aliphatic imine (C=N–C) groups is 2. The summed E-state index contributed by atoms with van der Waals surface area (Å²) < 4.78 is 0. The van der Waals surface area contributed by atoms with Crippen LogP contribution in [0.2, 0.25) is 0 Å². The van der Waals surface area contributed by atoms with Crippen LogP contribution in [-0.2, 0) is 0 Å².